The van der Waals surface area contributed by atoms with Crippen LogP contribution in [0.15, 0.2) is 23.6 Å². The molecule has 0 N–H and O–H groups in total. The van der Waals surface area contributed by atoms with Crippen LogP contribution in [0.2, 0.25) is 0 Å². The van der Waals surface area contributed by atoms with Gasteiger partial charge in [0.1, 0.15) is 10.8 Å². The number of sulfone groups is 1. The largest absolute Gasteiger partial charge is 0.469 e. The van der Waals surface area contributed by atoms with E-state index in [0.29, 0.717) is 16.3 Å². The molecule has 1 aromatic carbocycles. The molecule has 1 fully saturated rings. The predicted octanol–water partition coefficient (Wildman–Crippen LogP) is 3.70. The van der Waals surface area contributed by atoms with Crippen molar-refractivity contribution in [3.05, 3.63) is 51.0 Å². The molecule has 0 bridgehead atoms. The summed E-state index contributed by atoms with van der Waals surface area (Å²) in [7, 11) is -2.18. The van der Waals surface area contributed by atoms with Crippen LogP contribution in [-0.2, 0) is 43.4 Å². The maximum absolute atomic E-state index is 13.0. The first-order chi connectivity index (χ1) is 16.2. The highest BCUT2D eigenvalue weighted by Crippen LogP contribution is 2.29. The number of ketones is 2. The van der Waals surface area contributed by atoms with Crippen LogP contribution in [0.5, 0.6) is 0 Å². The third kappa shape index (κ3) is 7.56. The van der Waals surface area contributed by atoms with Gasteiger partial charge in [-0.2, -0.15) is 0 Å². The molecule has 0 unspecified atom stereocenters. The van der Waals surface area contributed by atoms with Gasteiger partial charge in [0.25, 0.3) is 0 Å². The van der Waals surface area contributed by atoms with Gasteiger partial charge in [-0.3, -0.25) is 14.4 Å². The average molecular weight is 506 g/mol. The number of thiazole rings is 1. The molecule has 1 aromatic heterocycles. The Morgan fingerprint density at radius 3 is 2.56 bits per heavy atom. The fourth-order valence-corrected chi connectivity index (χ4v) is 6.23. The second kappa shape index (κ2) is 11.8. The SMILES string of the molecule is COC(=O)CCS(=O)(=O)CCc1csc(CC(=O)Cc2ccc(C)cc2C(=O)C2CCCC2)n1. The lowest BCUT2D eigenvalue weighted by Gasteiger charge is -2.13. The van der Waals surface area contributed by atoms with E-state index in [9.17, 15) is 22.8 Å². The van der Waals surface area contributed by atoms with Crippen molar-refractivity contribution in [1.29, 1.82) is 0 Å². The third-order valence-corrected chi connectivity index (χ3v) is 8.66. The number of hydrogen-bond donors (Lipinski definition) is 0. The number of aryl methyl sites for hydroxylation is 2. The van der Waals surface area contributed by atoms with E-state index in [4.69, 9.17) is 0 Å². The van der Waals surface area contributed by atoms with Crippen molar-refractivity contribution in [2.24, 2.45) is 5.92 Å². The van der Waals surface area contributed by atoms with Crippen LogP contribution in [0.25, 0.3) is 0 Å². The third-order valence-electron chi connectivity index (χ3n) is 6.11. The number of methoxy groups -OCH3 is 1. The molecule has 2 aromatic rings. The summed E-state index contributed by atoms with van der Waals surface area (Å²) in [6.07, 6.45) is 4.37. The van der Waals surface area contributed by atoms with Crippen molar-refractivity contribution in [3.8, 4) is 0 Å². The Bertz CT molecular complexity index is 1150. The zero-order valence-corrected chi connectivity index (χ0v) is 21.3. The number of carbonyl (C=O) groups excluding carboxylic acids is 3. The van der Waals surface area contributed by atoms with Crippen LogP contribution < -0.4 is 0 Å². The Kier molecular flexibility index (Phi) is 9.13. The van der Waals surface area contributed by atoms with Crippen molar-refractivity contribution >= 4 is 38.7 Å². The van der Waals surface area contributed by atoms with E-state index in [1.165, 1.54) is 18.4 Å². The van der Waals surface area contributed by atoms with Crippen LogP contribution in [0.4, 0.5) is 0 Å². The standard InChI is InChI=1S/C25H31NO6S2/c1-17-7-8-19(22(13-17)25(29)18-5-3-4-6-18)14-21(27)15-23-26-20(16-33-23)9-11-34(30,31)12-10-24(28)32-2/h7-8,13,16,18H,3-6,9-12,14-15H2,1-2H3. The summed E-state index contributed by atoms with van der Waals surface area (Å²) in [5.41, 5.74) is 3.05. The summed E-state index contributed by atoms with van der Waals surface area (Å²) < 4.78 is 28.7. The molecule has 0 amide bonds. The van der Waals surface area contributed by atoms with Crippen LogP contribution in [0.3, 0.4) is 0 Å². The number of Topliss-reactive ketones (excluding diaryl/α,β-unsaturated/α-hetero) is 2. The number of rotatable bonds is 12. The molecule has 0 atom stereocenters. The van der Waals surface area contributed by atoms with Crippen molar-refractivity contribution in [3.63, 3.8) is 0 Å². The number of hydrogen-bond acceptors (Lipinski definition) is 8. The van der Waals surface area contributed by atoms with Gasteiger partial charge < -0.3 is 4.74 Å². The highest BCUT2D eigenvalue weighted by Gasteiger charge is 2.26. The monoisotopic (exact) mass is 505 g/mol. The second-order valence-corrected chi connectivity index (χ2v) is 12.1. The molecule has 0 aliphatic heterocycles. The highest BCUT2D eigenvalue weighted by molar-refractivity contribution is 7.91. The van der Waals surface area contributed by atoms with E-state index < -0.39 is 15.8 Å². The van der Waals surface area contributed by atoms with Gasteiger partial charge in [0, 0.05) is 29.7 Å². The molecule has 7 nitrogen and oxygen atoms in total. The van der Waals surface area contributed by atoms with Gasteiger partial charge in [0.05, 0.1) is 37.2 Å². The summed E-state index contributed by atoms with van der Waals surface area (Å²) in [5, 5.41) is 2.39. The number of carbonyl (C=O) groups is 3. The second-order valence-electron chi connectivity index (χ2n) is 8.86. The van der Waals surface area contributed by atoms with Crippen LogP contribution in [-0.4, -0.2) is 49.6 Å². The molecule has 184 valence electrons. The van der Waals surface area contributed by atoms with E-state index in [1.54, 1.807) is 5.38 Å². The predicted molar refractivity (Wildman–Crippen MR) is 131 cm³/mol. The maximum Gasteiger partial charge on any atom is 0.306 e. The maximum atomic E-state index is 13.0. The van der Waals surface area contributed by atoms with Crippen LogP contribution >= 0.6 is 11.3 Å². The van der Waals surface area contributed by atoms with Gasteiger partial charge in [-0.05, 0) is 31.4 Å². The Balaban J connectivity index is 1.57. The molecule has 1 heterocycles. The number of benzene rings is 1. The van der Waals surface area contributed by atoms with Crippen molar-refractivity contribution in [2.75, 3.05) is 18.6 Å². The minimum absolute atomic E-state index is 0.0316. The Morgan fingerprint density at radius 2 is 1.85 bits per heavy atom. The molecule has 9 heteroatoms. The fraction of sp³-hybridized carbons (Fsp3) is 0.520. The summed E-state index contributed by atoms with van der Waals surface area (Å²) in [4.78, 5) is 41.4. The van der Waals surface area contributed by atoms with E-state index in [2.05, 4.69) is 9.72 Å². The quantitative estimate of drug-likeness (QED) is 0.320. The first kappa shape index (κ1) is 26.2. The molecule has 0 radical (unpaired) electrons. The minimum atomic E-state index is -3.40. The molecular formula is C25H31NO6S2. The smallest absolute Gasteiger partial charge is 0.306 e. The molecule has 34 heavy (non-hydrogen) atoms. The summed E-state index contributed by atoms with van der Waals surface area (Å²) in [6, 6.07) is 5.70. The van der Waals surface area contributed by atoms with E-state index >= 15 is 0 Å². The van der Waals surface area contributed by atoms with Crippen molar-refractivity contribution < 1.29 is 27.5 Å². The number of nitrogens with zero attached hydrogens (tertiary/aromatic N) is 1. The normalized spacial score (nSPS) is 14.3. The molecule has 0 saturated heterocycles. The zero-order chi connectivity index (χ0) is 24.7. The first-order valence-electron chi connectivity index (χ1n) is 11.5. The lowest BCUT2D eigenvalue weighted by molar-refractivity contribution is -0.140. The summed E-state index contributed by atoms with van der Waals surface area (Å²) in [5.74, 6) is -0.754. The van der Waals surface area contributed by atoms with Crippen LogP contribution in [0, 0.1) is 12.8 Å². The summed E-state index contributed by atoms with van der Waals surface area (Å²) >= 11 is 1.33. The van der Waals surface area contributed by atoms with Crippen LogP contribution in [0.1, 0.15) is 64.3 Å². The van der Waals surface area contributed by atoms with E-state index in [0.717, 1.165) is 36.8 Å². The first-order valence-corrected chi connectivity index (χ1v) is 14.2. The lowest BCUT2D eigenvalue weighted by Crippen LogP contribution is -2.17. The topological polar surface area (TPSA) is 107 Å². The van der Waals surface area contributed by atoms with Gasteiger partial charge in [0.2, 0.25) is 0 Å². The van der Waals surface area contributed by atoms with Crippen molar-refractivity contribution in [1.82, 2.24) is 4.98 Å². The average Bonchev–Trinajstić information content (AvgIpc) is 3.49. The molecular weight excluding hydrogens is 474 g/mol. The van der Waals surface area contributed by atoms with Gasteiger partial charge in [0.15, 0.2) is 15.6 Å². The highest BCUT2D eigenvalue weighted by atomic mass is 32.2. The minimum Gasteiger partial charge on any atom is -0.469 e. The van der Waals surface area contributed by atoms with E-state index in [-0.39, 0.29) is 54.7 Å². The fourth-order valence-electron chi connectivity index (χ4n) is 4.17. The molecule has 3 rings (SSSR count). The summed E-state index contributed by atoms with van der Waals surface area (Å²) in [6.45, 7) is 1.95. The Labute approximate surface area is 204 Å². The molecule has 0 spiro atoms. The number of ether oxygens (including phenoxy) is 1. The van der Waals surface area contributed by atoms with Gasteiger partial charge in [-0.25, -0.2) is 13.4 Å². The Hall–Kier alpha value is -2.39. The lowest BCUT2D eigenvalue weighted by atomic mass is 9.90. The van der Waals surface area contributed by atoms with Gasteiger partial charge in [-0.15, -0.1) is 11.3 Å². The van der Waals surface area contributed by atoms with Crippen molar-refractivity contribution in [2.45, 2.75) is 58.3 Å². The molecule has 1 aliphatic carbocycles. The number of aromatic nitrogens is 1. The molecule has 1 aliphatic rings. The molecule has 1 saturated carbocycles. The Morgan fingerprint density at radius 1 is 1.12 bits per heavy atom. The number of esters is 1. The van der Waals surface area contributed by atoms with Gasteiger partial charge >= 0.3 is 5.97 Å². The zero-order valence-electron chi connectivity index (χ0n) is 19.7. The van der Waals surface area contributed by atoms with E-state index in [1.807, 2.05) is 25.1 Å². The van der Waals surface area contributed by atoms with Gasteiger partial charge in [-0.1, -0.05) is 30.5 Å².